The van der Waals surface area contributed by atoms with Crippen LogP contribution in [0.25, 0.3) is 0 Å². The SMILES string of the molecule is CC(F)(F)c1cnc(N2CCNCC2)nc1. The zero-order chi connectivity index (χ0) is 11.6. The molecule has 88 valence electrons. The van der Waals surface area contributed by atoms with Gasteiger partial charge in [-0.1, -0.05) is 0 Å². The van der Waals surface area contributed by atoms with Crippen LogP contribution in [0.2, 0.25) is 0 Å². The lowest BCUT2D eigenvalue weighted by Gasteiger charge is -2.27. The molecule has 1 fully saturated rings. The van der Waals surface area contributed by atoms with Gasteiger partial charge in [-0.15, -0.1) is 0 Å². The van der Waals surface area contributed by atoms with Crippen LogP contribution in [0.5, 0.6) is 0 Å². The van der Waals surface area contributed by atoms with E-state index < -0.39 is 5.92 Å². The Balaban J connectivity index is 2.12. The lowest BCUT2D eigenvalue weighted by Crippen LogP contribution is -2.44. The second kappa shape index (κ2) is 4.29. The Morgan fingerprint density at radius 2 is 1.81 bits per heavy atom. The van der Waals surface area contributed by atoms with Crippen LogP contribution in [0.15, 0.2) is 12.4 Å². The Hall–Kier alpha value is -1.30. The second-order valence-corrected chi connectivity index (χ2v) is 3.90. The third-order valence-corrected chi connectivity index (χ3v) is 2.54. The first kappa shape index (κ1) is 11.2. The molecule has 0 aliphatic carbocycles. The fourth-order valence-electron chi connectivity index (χ4n) is 1.58. The third-order valence-electron chi connectivity index (χ3n) is 2.54. The maximum absolute atomic E-state index is 12.9. The molecule has 2 heterocycles. The predicted molar refractivity (Wildman–Crippen MR) is 56.7 cm³/mol. The van der Waals surface area contributed by atoms with Gasteiger partial charge in [-0.2, -0.15) is 0 Å². The van der Waals surface area contributed by atoms with Crippen LogP contribution < -0.4 is 10.2 Å². The molecule has 0 unspecified atom stereocenters. The topological polar surface area (TPSA) is 41.1 Å². The Labute approximate surface area is 92.7 Å². The van der Waals surface area contributed by atoms with Gasteiger partial charge in [0, 0.05) is 45.5 Å². The van der Waals surface area contributed by atoms with Crippen LogP contribution in [0.3, 0.4) is 0 Å². The van der Waals surface area contributed by atoms with Gasteiger partial charge >= 0.3 is 0 Å². The number of aromatic nitrogens is 2. The van der Waals surface area contributed by atoms with Crippen molar-refractivity contribution in [1.29, 1.82) is 0 Å². The molecule has 6 heteroatoms. The number of rotatable bonds is 2. The van der Waals surface area contributed by atoms with Gasteiger partial charge in [0.25, 0.3) is 5.92 Å². The molecule has 1 N–H and O–H groups in total. The van der Waals surface area contributed by atoms with Gasteiger partial charge in [-0.05, 0) is 0 Å². The molecule has 0 amide bonds. The molecular formula is C10H14F2N4. The monoisotopic (exact) mass is 228 g/mol. The van der Waals surface area contributed by atoms with Crippen molar-refractivity contribution < 1.29 is 8.78 Å². The van der Waals surface area contributed by atoms with Crippen molar-refractivity contribution in [1.82, 2.24) is 15.3 Å². The Morgan fingerprint density at radius 3 is 2.31 bits per heavy atom. The van der Waals surface area contributed by atoms with Crippen molar-refractivity contribution in [3.05, 3.63) is 18.0 Å². The van der Waals surface area contributed by atoms with Crippen molar-refractivity contribution in [3.8, 4) is 0 Å². The smallest absolute Gasteiger partial charge is 0.273 e. The van der Waals surface area contributed by atoms with Gasteiger partial charge in [0.05, 0.1) is 5.56 Å². The molecule has 1 saturated heterocycles. The van der Waals surface area contributed by atoms with Crippen LogP contribution in [0.4, 0.5) is 14.7 Å². The summed E-state index contributed by atoms with van der Waals surface area (Å²) < 4.78 is 25.8. The molecule has 0 bridgehead atoms. The minimum absolute atomic E-state index is 0.147. The van der Waals surface area contributed by atoms with Crippen molar-refractivity contribution in [3.63, 3.8) is 0 Å². The van der Waals surface area contributed by atoms with Gasteiger partial charge < -0.3 is 10.2 Å². The van der Waals surface area contributed by atoms with Crippen LogP contribution in [-0.2, 0) is 5.92 Å². The Bertz CT molecular complexity index is 341. The lowest BCUT2D eigenvalue weighted by molar-refractivity contribution is 0.0167. The third kappa shape index (κ3) is 2.44. The molecule has 2 rings (SSSR count). The van der Waals surface area contributed by atoms with Crippen LogP contribution >= 0.6 is 0 Å². The number of anilines is 1. The van der Waals surface area contributed by atoms with E-state index in [2.05, 4.69) is 15.3 Å². The number of halogens is 2. The van der Waals surface area contributed by atoms with Crippen LogP contribution in [-0.4, -0.2) is 36.1 Å². The summed E-state index contributed by atoms with van der Waals surface area (Å²) in [5.74, 6) is -2.35. The minimum atomic E-state index is -2.87. The highest BCUT2D eigenvalue weighted by Gasteiger charge is 2.25. The molecule has 4 nitrogen and oxygen atoms in total. The fourth-order valence-corrected chi connectivity index (χ4v) is 1.58. The average Bonchev–Trinajstić information content (AvgIpc) is 2.29. The molecule has 0 radical (unpaired) electrons. The number of nitrogens with zero attached hydrogens (tertiary/aromatic N) is 3. The summed E-state index contributed by atoms with van der Waals surface area (Å²) in [6.45, 7) is 4.20. The Morgan fingerprint density at radius 1 is 1.25 bits per heavy atom. The Kier molecular flexibility index (Phi) is 3.00. The van der Waals surface area contributed by atoms with Gasteiger partial charge in [-0.3, -0.25) is 0 Å². The highest BCUT2D eigenvalue weighted by molar-refractivity contribution is 5.31. The second-order valence-electron chi connectivity index (χ2n) is 3.90. The van der Waals surface area contributed by atoms with E-state index in [0.29, 0.717) is 5.95 Å². The first-order chi connectivity index (χ1) is 7.57. The number of hydrogen-bond donors (Lipinski definition) is 1. The average molecular weight is 228 g/mol. The number of nitrogens with one attached hydrogen (secondary N) is 1. The van der Waals surface area contributed by atoms with E-state index in [4.69, 9.17) is 0 Å². The normalized spacial score (nSPS) is 17.6. The van der Waals surface area contributed by atoms with Crippen molar-refractivity contribution >= 4 is 5.95 Å². The van der Waals surface area contributed by atoms with Gasteiger partial charge in [0.15, 0.2) is 0 Å². The van der Waals surface area contributed by atoms with E-state index in [1.807, 2.05) is 4.90 Å². The number of alkyl halides is 2. The van der Waals surface area contributed by atoms with Gasteiger partial charge in [0.2, 0.25) is 5.95 Å². The van der Waals surface area contributed by atoms with Crippen LogP contribution in [0, 0.1) is 0 Å². The summed E-state index contributed by atoms with van der Waals surface area (Å²) in [4.78, 5) is 9.93. The summed E-state index contributed by atoms with van der Waals surface area (Å²) >= 11 is 0. The molecule has 16 heavy (non-hydrogen) atoms. The van der Waals surface area contributed by atoms with Gasteiger partial charge in [0.1, 0.15) is 0 Å². The van der Waals surface area contributed by atoms with Crippen molar-refractivity contribution in [2.24, 2.45) is 0 Å². The summed E-state index contributed by atoms with van der Waals surface area (Å²) in [6, 6.07) is 0. The van der Waals surface area contributed by atoms with E-state index in [9.17, 15) is 8.78 Å². The fraction of sp³-hybridized carbons (Fsp3) is 0.600. The van der Waals surface area contributed by atoms with E-state index in [0.717, 1.165) is 33.1 Å². The highest BCUT2D eigenvalue weighted by Crippen LogP contribution is 2.25. The van der Waals surface area contributed by atoms with Crippen LogP contribution in [0.1, 0.15) is 12.5 Å². The maximum Gasteiger partial charge on any atom is 0.273 e. The van der Waals surface area contributed by atoms with Crippen molar-refractivity contribution in [2.75, 3.05) is 31.1 Å². The summed E-state index contributed by atoms with van der Waals surface area (Å²) in [5, 5.41) is 3.20. The molecular weight excluding hydrogens is 214 g/mol. The summed E-state index contributed by atoms with van der Waals surface area (Å²) in [6.07, 6.45) is 2.40. The molecule has 1 aromatic heterocycles. The minimum Gasteiger partial charge on any atom is -0.338 e. The number of hydrogen-bond acceptors (Lipinski definition) is 4. The molecule has 0 spiro atoms. The molecule has 0 aromatic carbocycles. The largest absolute Gasteiger partial charge is 0.338 e. The van der Waals surface area contributed by atoms with E-state index >= 15 is 0 Å². The summed E-state index contributed by atoms with van der Waals surface area (Å²) in [5.41, 5.74) is -0.147. The van der Waals surface area contributed by atoms with Gasteiger partial charge in [-0.25, -0.2) is 18.7 Å². The zero-order valence-electron chi connectivity index (χ0n) is 9.08. The first-order valence-corrected chi connectivity index (χ1v) is 5.23. The number of piperazine rings is 1. The quantitative estimate of drug-likeness (QED) is 0.819. The molecule has 1 aliphatic rings. The molecule has 1 aromatic rings. The molecule has 0 saturated carbocycles. The highest BCUT2D eigenvalue weighted by atomic mass is 19.3. The molecule has 0 atom stereocenters. The predicted octanol–water partition coefficient (Wildman–Crippen LogP) is 0.998. The molecule has 1 aliphatic heterocycles. The van der Waals surface area contributed by atoms with E-state index in [-0.39, 0.29) is 5.56 Å². The summed E-state index contributed by atoms with van der Waals surface area (Å²) in [7, 11) is 0. The first-order valence-electron chi connectivity index (χ1n) is 5.23. The standard InChI is InChI=1S/C10H14F2N4/c1-10(11,12)8-6-14-9(15-7-8)16-4-2-13-3-5-16/h6-7,13H,2-5H2,1H3. The maximum atomic E-state index is 12.9. The lowest BCUT2D eigenvalue weighted by atomic mass is 10.2. The van der Waals surface area contributed by atoms with E-state index in [1.165, 1.54) is 12.4 Å². The zero-order valence-corrected chi connectivity index (χ0v) is 9.08. The van der Waals surface area contributed by atoms with Crippen molar-refractivity contribution in [2.45, 2.75) is 12.8 Å². The van der Waals surface area contributed by atoms with E-state index in [1.54, 1.807) is 0 Å².